The quantitative estimate of drug-likeness (QED) is 0.509. The number of benzene rings is 2. The Morgan fingerprint density at radius 3 is 2.84 bits per heavy atom. The van der Waals surface area contributed by atoms with E-state index in [1.807, 2.05) is 24.3 Å². The molecule has 162 valence electrons. The third-order valence-corrected chi connectivity index (χ3v) is 6.22. The van der Waals surface area contributed by atoms with Gasteiger partial charge in [0.05, 0.1) is 24.7 Å². The van der Waals surface area contributed by atoms with Gasteiger partial charge < -0.3 is 19.8 Å². The molecular formula is C24H27N3O3S. The molecule has 2 aromatic carbocycles. The summed E-state index contributed by atoms with van der Waals surface area (Å²) in [4.78, 5) is 20.6. The maximum absolute atomic E-state index is 12.4. The fraction of sp³-hybridized carbons (Fsp3) is 0.333. The van der Waals surface area contributed by atoms with E-state index in [4.69, 9.17) is 14.5 Å². The van der Waals surface area contributed by atoms with Crippen molar-refractivity contribution in [1.29, 1.82) is 0 Å². The van der Waals surface area contributed by atoms with E-state index in [1.165, 1.54) is 17.3 Å². The number of amides is 1. The molecule has 1 aliphatic heterocycles. The Morgan fingerprint density at radius 2 is 2.10 bits per heavy atom. The fourth-order valence-corrected chi connectivity index (χ4v) is 4.34. The van der Waals surface area contributed by atoms with Gasteiger partial charge in [-0.15, -0.1) is 0 Å². The van der Waals surface area contributed by atoms with Crippen LogP contribution in [0, 0.1) is 6.92 Å². The molecule has 0 bridgehead atoms. The van der Waals surface area contributed by atoms with E-state index in [0.29, 0.717) is 12.3 Å². The van der Waals surface area contributed by atoms with Gasteiger partial charge in [0.15, 0.2) is 0 Å². The summed E-state index contributed by atoms with van der Waals surface area (Å²) in [5, 5.41) is 3.78. The third kappa shape index (κ3) is 5.48. The Hall–Kier alpha value is -2.77. The van der Waals surface area contributed by atoms with E-state index in [2.05, 4.69) is 41.5 Å². The first kappa shape index (κ1) is 21.5. The predicted octanol–water partition coefficient (Wildman–Crippen LogP) is 4.45. The van der Waals surface area contributed by atoms with Crippen LogP contribution >= 0.6 is 11.8 Å². The van der Waals surface area contributed by atoms with Crippen molar-refractivity contribution >= 4 is 17.7 Å². The lowest BCUT2D eigenvalue weighted by atomic mass is 10.1. The molecule has 1 aromatic heterocycles. The van der Waals surface area contributed by atoms with Crippen LogP contribution in [0.2, 0.25) is 0 Å². The molecule has 0 unspecified atom stereocenters. The number of imidazole rings is 1. The molecule has 1 atom stereocenters. The van der Waals surface area contributed by atoms with Gasteiger partial charge in [0.2, 0.25) is 5.91 Å². The van der Waals surface area contributed by atoms with Crippen LogP contribution in [-0.2, 0) is 9.53 Å². The van der Waals surface area contributed by atoms with E-state index in [1.54, 1.807) is 7.11 Å². The zero-order valence-electron chi connectivity index (χ0n) is 17.8. The number of H-pyrrole nitrogens is 1. The van der Waals surface area contributed by atoms with Crippen molar-refractivity contribution < 1.29 is 14.3 Å². The summed E-state index contributed by atoms with van der Waals surface area (Å²) in [5.41, 5.74) is 4.07. The average Bonchev–Trinajstić information content (AvgIpc) is 3.47. The molecule has 6 nitrogen and oxygen atoms in total. The van der Waals surface area contributed by atoms with Gasteiger partial charge in [0, 0.05) is 24.3 Å². The molecule has 0 spiro atoms. The summed E-state index contributed by atoms with van der Waals surface area (Å²) in [6.07, 6.45) is 2.21. The second-order valence-electron chi connectivity index (χ2n) is 7.59. The van der Waals surface area contributed by atoms with Crippen LogP contribution in [0.1, 0.15) is 18.4 Å². The summed E-state index contributed by atoms with van der Waals surface area (Å²) in [6, 6.07) is 16.1. The fourth-order valence-electron chi connectivity index (χ4n) is 3.50. The van der Waals surface area contributed by atoms with E-state index in [0.717, 1.165) is 52.9 Å². The first-order chi connectivity index (χ1) is 15.1. The van der Waals surface area contributed by atoms with Crippen LogP contribution in [0.5, 0.6) is 5.75 Å². The Morgan fingerprint density at radius 1 is 1.26 bits per heavy atom. The summed E-state index contributed by atoms with van der Waals surface area (Å²) < 4.78 is 10.9. The largest absolute Gasteiger partial charge is 0.497 e. The van der Waals surface area contributed by atoms with Gasteiger partial charge in [0.25, 0.3) is 0 Å². The summed E-state index contributed by atoms with van der Waals surface area (Å²) in [7, 11) is 1.65. The van der Waals surface area contributed by atoms with E-state index >= 15 is 0 Å². The summed E-state index contributed by atoms with van der Waals surface area (Å²) in [5.74, 6) is 1.81. The highest BCUT2D eigenvalue weighted by atomic mass is 32.2. The maximum Gasteiger partial charge on any atom is 0.230 e. The first-order valence-electron chi connectivity index (χ1n) is 10.4. The van der Waals surface area contributed by atoms with Crippen molar-refractivity contribution in [3.05, 3.63) is 54.1 Å². The minimum atomic E-state index is -0.0127. The molecule has 7 heteroatoms. The number of methoxy groups -OCH3 is 1. The topological polar surface area (TPSA) is 76.2 Å². The van der Waals surface area contributed by atoms with Gasteiger partial charge in [-0.1, -0.05) is 53.7 Å². The number of aromatic nitrogens is 2. The van der Waals surface area contributed by atoms with Crippen LogP contribution in [-0.4, -0.2) is 48.0 Å². The maximum atomic E-state index is 12.4. The Kier molecular flexibility index (Phi) is 6.94. The minimum Gasteiger partial charge on any atom is -0.497 e. The minimum absolute atomic E-state index is 0.0127. The van der Waals surface area contributed by atoms with Crippen LogP contribution in [0.3, 0.4) is 0 Å². The zero-order chi connectivity index (χ0) is 21.6. The second kappa shape index (κ2) is 10.0. The standard InChI is InChI=1S/C24H27N3O3S/c1-16-8-10-17(11-9-16)22-24(31-15-21(28)25-14-20-7-4-12-30-20)27-23(26-22)18-5-3-6-19(13-18)29-2/h3,5-6,8-11,13,20H,4,7,12,14-15H2,1-2H3,(H,25,28)(H,26,27)/t20-/m1/s1. The van der Waals surface area contributed by atoms with Gasteiger partial charge >= 0.3 is 0 Å². The summed E-state index contributed by atoms with van der Waals surface area (Å²) in [6.45, 7) is 3.42. The molecule has 0 radical (unpaired) electrons. The number of hydrogen-bond acceptors (Lipinski definition) is 5. The molecule has 4 rings (SSSR count). The van der Waals surface area contributed by atoms with E-state index in [9.17, 15) is 4.79 Å². The number of rotatable bonds is 8. The van der Waals surface area contributed by atoms with Crippen molar-refractivity contribution in [2.75, 3.05) is 26.0 Å². The number of carbonyl (C=O) groups excluding carboxylic acids is 1. The SMILES string of the molecule is COc1cccc(-c2nc(SCC(=O)NC[C@H]3CCCO3)c(-c3ccc(C)cc3)[nH]2)c1. The van der Waals surface area contributed by atoms with Gasteiger partial charge in [0.1, 0.15) is 16.6 Å². The van der Waals surface area contributed by atoms with Gasteiger partial charge in [-0.2, -0.15) is 0 Å². The number of aromatic amines is 1. The monoisotopic (exact) mass is 437 g/mol. The Bertz CT molecular complexity index is 1030. The highest BCUT2D eigenvalue weighted by Gasteiger charge is 2.18. The smallest absolute Gasteiger partial charge is 0.230 e. The highest BCUT2D eigenvalue weighted by molar-refractivity contribution is 8.00. The molecule has 2 N–H and O–H groups in total. The number of nitrogens with one attached hydrogen (secondary N) is 2. The number of aryl methyl sites for hydroxylation is 1. The molecule has 0 saturated carbocycles. The molecule has 1 fully saturated rings. The normalized spacial score (nSPS) is 15.7. The van der Waals surface area contributed by atoms with Crippen LogP contribution in [0.4, 0.5) is 0 Å². The number of thioether (sulfide) groups is 1. The lowest BCUT2D eigenvalue weighted by molar-refractivity contribution is -0.119. The number of hydrogen-bond donors (Lipinski definition) is 2. The van der Waals surface area contributed by atoms with Crippen molar-refractivity contribution in [2.24, 2.45) is 0 Å². The lowest BCUT2D eigenvalue weighted by Crippen LogP contribution is -2.32. The number of nitrogens with zero attached hydrogens (tertiary/aromatic N) is 1. The molecule has 0 aliphatic carbocycles. The second-order valence-corrected chi connectivity index (χ2v) is 8.56. The van der Waals surface area contributed by atoms with Crippen molar-refractivity contribution in [3.63, 3.8) is 0 Å². The first-order valence-corrected chi connectivity index (χ1v) is 11.4. The highest BCUT2D eigenvalue weighted by Crippen LogP contribution is 2.33. The van der Waals surface area contributed by atoms with Crippen LogP contribution in [0.15, 0.2) is 53.6 Å². The predicted molar refractivity (Wildman–Crippen MR) is 123 cm³/mol. The van der Waals surface area contributed by atoms with Crippen molar-refractivity contribution in [1.82, 2.24) is 15.3 Å². The lowest BCUT2D eigenvalue weighted by Gasteiger charge is -2.10. The Labute approximate surface area is 186 Å². The average molecular weight is 438 g/mol. The van der Waals surface area contributed by atoms with Gasteiger partial charge in [-0.25, -0.2) is 4.98 Å². The molecule has 1 aliphatic rings. The van der Waals surface area contributed by atoms with Gasteiger partial charge in [-0.3, -0.25) is 4.79 Å². The van der Waals surface area contributed by atoms with Crippen LogP contribution < -0.4 is 10.1 Å². The molecule has 1 amide bonds. The van der Waals surface area contributed by atoms with Crippen molar-refractivity contribution in [3.8, 4) is 28.4 Å². The molecule has 3 aromatic rings. The van der Waals surface area contributed by atoms with E-state index in [-0.39, 0.29) is 12.0 Å². The molecule has 2 heterocycles. The molecular weight excluding hydrogens is 410 g/mol. The number of carbonyl (C=O) groups is 1. The Balaban J connectivity index is 1.53. The van der Waals surface area contributed by atoms with E-state index < -0.39 is 0 Å². The number of ether oxygens (including phenoxy) is 2. The van der Waals surface area contributed by atoms with Crippen molar-refractivity contribution in [2.45, 2.75) is 30.9 Å². The molecule has 31 heavy (non-hydrogen) atoms. The van der Waals surface area contributed by atoms with Crippen LogP contribution in [0.25, 0.3) is 22.6 Å². The van der Waals surface area contributed by atoms with Gasteiger partial charge in [-0.05, 0) is 31.9 Å². The molecule has 1 saturated heterocycles. The summed E-state index contributed by atoms with van der Waals surface area (Å²) >= 11 is 1.44. The third-order valence-electron chi connectivity index (χ3n) is 5.24. The zero-order valence-corrected chi connectivity index (χ0v) is 18.6.